The summed E-state index contributed by atoms with van der Waals surface area (Å²) < 4.78 is 12.7. The van der Waals surface area contributed by atoms with E-state index in [9.17, 15) is 14.0 Å². The molecule has 0 aliphatic carbocycles. The number of carboxylic acids is 1. The summed E-state index contributed by atoms with van der Waals surface area (Å²) >= 11 is 0. The minimum atomic E-state index is -1.20. The van der Waals surface area contributed by atoms with Gasteiger partial charge in [0.2, 0.25) is 5.91 Å². The number of carboxylic acid groups (broad SMARTS) is 1. The number of alkyl halides is 1. The first-order valence-electron chi connectivity index (χ1n) is 3.66. The largest absolute Gasteiger partial charge is 0.480 e. The number of rotatable bonds is 1. The van der Waals surface area contributed by atoms with Crippen molar-refractivity contribution in [3.63, 3.8) is 0 Å². The summed E-state index contributed by atoms with van der Waals surface area (Å²) in [6.07, 6.45) is -1.29. The third kappa shape index (κ3) is 1.54. The smallest absolute Gasteiger partial charge is 0.326 e. The Balaban J connectivity index is 2.72. The van der Waals surface area contributed by atoms with E-state index in [-0.39, 0.29) is 18.9 Å². The van der Waals surface area contributed by atoms with E-state index in [1.165, 1.54) is 6.92 Å². The van der Waals surface area contributed by atoms with Gasteiger partial charge in [-0.2, -0.15) is 0 Å². The highest BCUT2D eigenvalue weighted by Gasteiger charge is 2.38. The van der Waals surface area contributed by atoms with Crippen molar-refractivity contribution in [1.29, 1.82) is 0 Å². The summed E-state index contributed by atoms with van der Waals surface area (Å²) in [4.78, 5) is 22.4. The number of hydrogen-bond acceptors (Lipinski definition) is 2. The molecule has 0 aromatic rings. The van der Waals surface area contributed by atoms with Gasteiger partial charge in [-0.1, -0.05) is 0 Å². The molecule has 12 heavy (non-hydrogen) atoms. The van der Waals surface area contributed by atoms with Crippen molar-refractivity contribution in [3.8, 4) is 0 Å². The molecule has 5 heteroatoms. The van der Waals surface area contributed by atoms with Crippen molar-refractivity contribution in [2.45, 2.75) is 25.6 Å². The van der Waals surface area contributed by atoms with Crippen LogP contribution < -0.4 is 0 Å². The molecule has 0 spiro atoms. The van der Waals surface area contributed by atoms with E-state index in [0.29, 0.717) is 0 Å². The van der Waals surface area contributed by atoms with Crippen LogP contribution in [0.2, 0.25) is 0 Å². The van der Waals surface area contributed by atoms with Crippen LogP contribution in [-0.2, 0) is 9.59 Å². The molecule has 68 valence electrons. The van der Waals surface area contributed by atoms with Gasteiger partial charge in [0.05, 0.1) is 6.54 Å². The first-order valence-corrected chi connectivity index (χ1v) is 3.66. The highest BCUT2D eigenvalue weighted by molar-refractivity contribution is 5.83. The van der Waals surface area contributed by atoms with Crippen molar-refractivity contribution < 1.29 is 19.1 Å². The molecule has 1 N–H and O–H groups in total. The van der Waals surface area contributed by atoms with Crippen molar-refractivity contribution in [3.05, 3.63) is 0 Å². The van der Waals surface area contributed by atoms with E-state index >= 15 is 0 Å². The lowest BCUT2D eigenvalue weighted by Gasteiger charge is -2.18. The highest BCUT2D eigenvalue weighted by atomic mass is 19.1. The van der Waals surface area contributed by atoms with Crippen LogP contribution in [0.1, 0.15) is 13.3 Å². The molecular weight excluding hydrogens is 165 g/mol. The molecular formula is C7H10FNO3. The summed E-state index contributed by atoms with van der Waals surface area (Å²) in [5.74, 6) is -1.52. The number of likely N-dealkylation sites (tertiary alicyclic amines) is 1. The van der Waals surface area contributed by atoms with Gasteiger partial charge in [-0.3, -0.25) is 4.79 Å². The van der Waals surface area contributed by atoms with Crippen LogP contribution >= 0.6 is 0 Å². The van der Waals surface area contributed by atoms with Crippen LogP contribution in [0.3, 0.4) is 0 Å². The first-order chi connectivity index (χ1) is 5.52. The van der Waals surface area contributed by atoms with E-state index in [0.717, 1.165) is 4.90 Å². The summed E-state index contributed by atoms with van der Waals surface area (Å²) in [7, 11) is 0. The van der Waals surface area contributed by atoms with Crippen LogP contribution in [0.4, 0.5) is 4.39 Å². The molecule has 0 unspecified atom stereocenters. The van der Waals surface area contributed by atoms with Crippen LogP contribution in [0.25, 0.3) is 0 Å². The Bertz CT molecular complexity index is 197. The van der Waals surface area contributed by atoms with E-state index < -0.39 is 18.2 Å². The van der Waals surface area contributed by atoms with Crippen molar-refractivity contribution in [1.82, 2.24) is 4.90 Å². The van der Waals surface area contributed by atoms with Gasteiger partial charge >= 0.3 is 5.97 Å². The topological polar surface area (TPSA) is 57.6 Å². The number of hydrogen-bond donors (Lipinski definition) is 1. The van der Waals surface area contributed by atoms with E-state index in [2.05, 4.69) is 0 Å². The predicted octanol–water partition coefficient (Wildman–Crippen LogP) is 0.0299. The minimum Gasteiger partial charge on any atom is -0.480 e. The van der Waals surface area contributed by atoms with Crippen molar-refractivity contribution >= 4 is 11.9 Å². The molecule has 4 nitrogen and oxygen atoms in total. The van der Waals surface area contributed by atoms with Gasteiger partial charge in [-0.05, 0) is 0 Å². The molecule has 1 saturated heterocycles. The van der Waals surface area contributed by atoms with E-state index in [1.54, 1.807) is 0 Å². The third-order valence-corrected chi connectivity index (χ3v) is 1.94. The molecule has 0 aromatic heterocycles. The maximum absolute atomic E-state index is 12.7. The number of halogens is 1. The monoisotopic (exact) mass is 175 g/mol. The Hall–Kier alpha value is -1.13. The van der Waals surface area contributed by atoms with Gasteiger partial charge in [0.15, 0.2) is 0 Å². The number of carbonyl (C=O) groups is 2. The van der Waals surface area contributed by atoms with Gasteiger partial charge in [-0.25, -0.2) is 9.18 Å². The lowest BCUT2D eigenvalue weighted by molar-refractivity contribution is -0.147. The van der Waals surface area contributed by atoms with Crippen LogP contribution in [0, 0.1) is 0 Å². The Morgan fingerprint density at radius 1 is 1.58 bits per heavy atom. The molecule has 1 amide bonds. The van der Waals surface area contributed by atoms with Crippen molar-refractivity contribution in [2.24, 2.45) is 0 Å². The molecule has 0 bridgehead atoms. The Kier molecular flexibility index (Phi) is 2.30. The highest BCUT2D eigenvalue weighted by Crippen LogP contribution is 2.20. The number of aliphatic carboxylic acids is 1. The molecule has 1 fully saturated rings. The number of amides is 1. The molecule has 2 atom stereocenters. The van der Waals surface area contributed by atoms with Gasteiger partial charge < -0.3 is 10.0 Å². The molecule has 1 aliphatic heterocycles. The van der Waals surface area contributed by atoms with Gasteiger partial charge in [0.25, 0.3) is 0 Å². The molecule has 0 radical (unpaired) electrons. The zero-order chi connectivity index (χ0) is 9.30. The van der Waals surface area contributed by atoms with E-state index in [4.69, 9.17) is 5.11 Å². The lowest BCUT2D eigenvalue weighted by atomic mass is 10.2. The first kappa shape index (κ1) is 8.96. The minimum absolute atomic E-state index is 0.0884. The molecule has 1 rings (SSSR count). The van der Waals surface area contributed by atoms with Crippen molar-refractivity contribution in [2.75, 3.05) is 6.54 Å². The lowest BCUT2D eigenvalue weighted by Crippen LogP contribution is -2.39. The summed E-state index contributed by atoms with van der Waals surface area (Å²) in [5, 5.41) is 8.59. The standard InChI is InChI=1S/C7H10FNO3/c1-4(10)9-3-5(8)2-6(9)7(11)12/h5-6H,2-3H2,1H3,(H,11,12)/t5-,6+/m1/s1. The van der Waals surface area contributed by atoms with Gasteiger partial charge in [0, 0.05) is 13.3 Å². The fraction of sp³-hybridized carbons (Fsp3) is 0.714. The maximum atomic E-state index is 12.7. The quantitative estimate of drug-likeness (QED) is 0.611. The third-order valence-electron chi connectivity index (χ3n) is 1.94. The predicted molar refractivity (Wildman–Crippen MR) is 38.3 cm³/mol. The molecule has 1 aliphatic rings. The summed E-state index contributed by atoms with van der Waals surface area (Å²) in [6, 6.07) is -0.975. The molecule has 1 heterocycles. The fourth-order valence-electron chi connectivity index (χ4n) is 1.37. The number of nitrogens with zero attached hydrogens (tertiary/aromatic N) is 1. The summed E-state index contributed by atoms with van der Waals surface area (Å²) in [5.41, 5.74) is 0. The van der Waals surface area contributed by atoms with E-state index in [1.807, 2.05) is 0 Å². The average Bonchev–Trinajstić information content (AvgIpc) is 2.31. The Morgan fingerprint density at radius 2 is 2.17 bits per heavy atom. The van der Waals surface area contributed by atoms with Crippen LogP contribution in [0.15, 0.2) is 0 Å². The second-order valence-electron chi connectivity index (χ2n) is 2.86. The normalized spacial score (nSPS) is 29.0. The van der Waals surface area contributed by atoms with Crippen LogP contribution in [0.5, 0.6) is 0 Å². The second-order valence-corrected chi connectivity index (χ2v) is 2.86. The zero-order valence-corrected chi connectivity index (χ0v) is 6.66. The van der Waals surface area contributed by atoms with Gasteiger partial charge in [0.1, 0.15) is 12.2 Å². The summed E-state index contributed by atoms with van der Waals surface area (Å²) in [6.45, 7) is 1.15. The molecule has 0 saturated carbocycles. The Labute approximate surface area is 69.0 Å². The zero-order valence-electron chi connectivity index (χ0n) is 6.66. The number of carbonyl (C=O) groups excluding carboxylic acids is 1. The fourth-order valence-corrected chi connectivity index (χ4v) is 1.37. The van der Waals surface area contributed by atoms with Crippen LogP contribution in [-0.4, -0.2) is 40.6 Å². The molecule has 0 aromatic carbocycles. The average molecular weight is 175 g/mol. The Morgan fingerprint density at radius 3 is 2.50 bits per heavy atom. The van der Waals surface area contributed by atoms with Gasteiger partial charge in [-0.15, -0.1) is 0 Å². The maximum Gasteiger partial charge on any atom is 0.326 e. The SMILES string of the molecule is CC(=O)N1C[C@H](F)C[C@H]1C(=O)O. The second kappa shape index (κ2) is 3.08.